The molecular formula is C22H31BrClN5O. The summed E-state index contributed by atoms with van der Waals surface area (Å²) in [6, 6.07) is 7.55. The first-order chi connectivity index (χ1) is 14.3. The number of nitrogens with zero attached hydrogens (tertiary/aromatic N) is 3. The van der Waals surface area contributed by atoms with Gasteiger partial charge in [-0.25, -0.2) is 4.99 Å². The minimum atomic E-state index is 0.293. The molecule has 1 amide bonds. The summed E-state index contributed by atoms with van der Waals surface area (Å²) in [6.07, 6.45) is 7.30. The van der Waals surface area contributed by atoms with Gasteiger partial charge in [0.25, 0.3) is 0 Å². The third-order valence-corrected chi connectivity index (χ3v) is 4.64. The Morgan fingerprint density at radius 3 is 2.57 bits per heavy atom. The second-order valence-corrected chi connectivity index (χ2v) is 7.89. The lowest BCUT2D eigenvalue weighted by atomic mass is 10.1. The summed E-state index contributed by atoms with van der Waals surface area (Å²) in [5, 5.41) is 4.19. The van der Waals surface area contributed by atoms with Gasteiger partial charge in [-0.2, -0.15) is 5.10 Å². The van der Waals surface area contributed by atoms with Crippen LogP contribution in [0.4, 0.5) is 0 Å². The lowest BCUT2D eigenvalue weighted by Crippen LogP contribution is -2.27. The van der Waals surface area contributed by atoms with Crippen LogP contribution in [0.3, 0.4) is 0 Å². The fourth-order valence-corrected chi connectivity index (χ4v) is 2.80. The highest BCUT2D eigenvalue weighted by Gasteiger charge is 2.18. The molecule has 0 spiro atoms. The van der Waals surface area contributed by atoms with E-state index in [2.05, 4.69) is 50.5 Å². The van der Waals surface area contributed by atoms with E-state index in [4.69, 9.17) is 17.3 Å². The SMILES string of the molecule is C#CC.C/C(Br)=C(N)/N=C(\C)c1ccccc1Cl.C=NNCCCN1CCCC1=O. The summed E-state index contributed by atoms with van der Waals surface area (Å²) >= 11 is 9.31. The zero-order chi connectivity index (χ0) is 22.9. The van der Waals surface area contributed by atoms with E-state index >= 15 is 0 Å². The van der Waals surface area contributed by atoms with Crippen LogP contribution in [0.15, 0.2) is 44.7 Å². The van der Waals surface area contributed by atoms with E-state index in [-0.39, 0.29) is 0 Å². The molecule has 30 heavy (non-hydrogen) atoms. The third-order valence-electron chi connectivity index (χ3n) is 3.90. The summed E-state index contributed by atoms with van der Waals surface area (Å²) < 4.78 is 0.814. The second-order valence-electron chi connectivity index (χ2n) is 6.29. The maximum absolute atomic E-state index is 11.1. The van der Waals surface area contributed by atoms with E-state index in [1.54, 1.807) is 6.92 Å². The van der Waals surface area contributed by atoms with Gasteiger partial charge in [0, 0.05) is 53.6 Å². The van der Waals surface area contributed by atoms with Gasteiger partial charge >= 0.3 is 0 Å². The van der Waals surface area contributed by atoms with Gasteiger partial charge in [-0.15, -0.1) is 12.3 Å². The third kappa shape index (κ3) is 11.6. The number of hydrogen-bond acceptors (Lipinski definition) is 5. The second kappa shape index (κ2) is 16.5. The van der Waals surface area contributed by atoms with E-state index in [1.807, 2.05) is 43.0 Å². The molecule has 1 aliphatic rings. The van der Waals surface area contributed by atoms with Gasteiger partial charge < -0.3 is 16.1 Å². The van der Waals surface area contributed by atoms with Crippen molar-refractivity contribution in [2.75, 3.05) is 19.6 Å². The Morgan fingerprint density at radius 2 is 2.07 bits per heavy atom. The molecule has 1 aromatic rings. The number of carbonyl (C=O) groups is 1. The molecule has 1 fully saturated rings. The molecule has 0 unspecified atom stereocenters. The number of hydrazone groups is 1. The number of nitrogens with two attached hydrogens (primary N) is 1. The molecule has 164 valence electrons. The lowest BCUT2D eigenvalue weighted by molar-refractivity contribution is -0.127. The molecule has 0 aromatic heterocycles. The Morgan fingerprint density at radius 1 is 1.43 bits per heavy atom. The topological polar surface area (TPSA) is 83.1 Å². The van der Waals surface area contributed by atoms with Crippen LogP contribution in [0.5, 0.6) is 0 Å². The normalized spacial score (nSPS) is 13.8. The largest absolute Gasteiger partial charge is 0.383 e. The average Bonchev–Trinajstić information content (AvgIpc) is 3.11. The van der Waals surface area contributed by atoms with Crippen molar-refractivity contribution in [3.8, 4) is 12.3 Å². The number of carbonyl (C=O) groups excluding carboxylic acids is 1. The number of hydrogen-bond donors (Lipinski definition) is 2. The average molecular weight is 497 g/mol. The Kier molecular flexibility index (Phi) is 15.2. The lowest BCUT2D eigenvalue weighted by Gasteiger charge is -2.14. The summed E-state index contributed by atoms with van der Waals surface area (Å²) in [6.45, 7) is 11.3. The van der Waals surface area contributed by atoms with Gasteiger partial charge in [0.1, 0.15) is 5.82 Å². The van der Waals surface area contributed by atoms with Gasteiger partial charge in [0.05, 0.1) is 0 Å². The highest BCUT2D eigenvalue weighted by atomic mass is 79.9. The molecule has 1 heterocycles. The van der Waals surface area contributed by atoms with Crippen LogP contribution in [-0.2, 0) is 4.79 Å². The number of amides is 1. The molecule has 2 rings (SSSR count). The number of halogens is 2. The maximum Gasteiger partial charge on any atom is 0.222 e. The molecule has 1 aliphatic heterocycles. The first-order valence-electron chi connectivity index (χ1n) is 9.54. The molecule has 1 saturated heterocycles. The number of nitrogens with one attached hydrogen (secondary N) is 1. The highest BCUT2D eigenvalue weighted by molar-refractivity contribution is 9.11. The number of aliphatic imine (C=N–C) groups is 1. The Hall–Kier alpha value is -2.30. The number of allylic oxidation sites excluding steroid dienone is 1. The van der Waals surface area contributed by atoms with Gasteiger partial charge in [-0.05, 0) is 39.7 Å². The standard InChI is InChI=1S/C11H12BrClN2.C8H15N3O.C3H4/c1-7(12)11(14)15-8(2)9-5-3-4-6-10(9)13;1-9-10-5-3-7-11-6-2-4-8(11)12;1-3-2/h3-6H,14H2,1-2H3;10H,1-7H2;1H,2H3/b11-7-,15-8+;;. The molecule has 1 aromatic carbocycles. The Balaban J connectivity index is 0.000000505. The van der Waals surface area contributed by atoms with Crippen LogP contribution in [0, 0.1) is 12.3 Å². The van der Waals surface area contributed by atoms with Gasteiger partial charge in [0.15, 0.2) is 0 Å². The first kappa shape index (κ1) is 27.7. The molecule has 0 bridgehead atoms. The quantitative estimate of drug-likeness (QED) is 0.252. The molecule has 0 atom stereocenters. The van der Waals surface area contributed by atoms with Crippen LogP contribution in [0.25, 0.3) is 0 Å². The van der Waals surface area contributed by atoms with Crippen molar-refractivity contribution in [1.29, 1.82) is 0 Å². The maximum atomic E-state index is 11.1. The minimum absolute atomic E-state index is 0.293. The molecule has 0 saturated carbocycles. The van der Waals surface area contributed by atoms with Crippen molar-refractivity contribution < 1.29 is 4.79 Å². The fourth-order valence-electron chi connectivity index (χ4n) is 2.44. The molecule has 8 heteroatoms. The van der Waals surface area contributed by atoms with Crippen LogP contribution in [0.1, 0.15) is 45.6 Å². The Bertz CT molecular complexity index is 782. The van der Waals surface area contributed by atoms with Crippen molar-refractivity contribution in [2.24, 2.45) is 15.8 Å². The van der Waals surface area contributed by atoms with Crippen LogP contribution in [0.2, 0.25) is 5.02 Å². The highest BCUT2D eigenvalue weighted by Crippen LogP contribution is 2.17. The van der Waals surface area contributed by atoms with Crippen LogP contribution in [-0.4, -0.2) is 42.9 Å². The summed E-state index contributed by atoms with van der Waals surface area (Å²) in [4.78, 5) is 17.3. The molecular weight excluding hydrogens is 466 g/mol. The zero-order valence-corrected chi connectivity index (χ0v) is 20.3. The van der Waals surface area contributed by atoms with Gasteiger partial charge in [-0.1, -0.05) is 45.7 Å². The summed E-state index contributed by atoms with van der Waals surface area (Å²) in [5.74, 6) is 3.01. The van der Waals surface area contributed by atoms with Crippen molar-refractivity contribution in [3.05, 3.63) is 45.2 Å². The zero-order valence-electron chi connectivity index (χ0n) is 17.9. The molecule has 3 N–H and O–H groups in total. The van der Waals surface area contributed by atoms with Crippen LogP contribution < -0.4 is 11.2 Å². The molecule has 0 radical (unpaired) electrons. The summed E-state index contributed by atoms with van der Waals surface area (Å²) in [5.41, 5.74) is 10.2. The number of rotatable bonds is 7. The monoisotopic (exact) mass is 495 g/mol. The van der Waals surface area contributed by atoms with Gasteiger partial charge in [0.2, 0.25) is 5.91 Å². The number of terminal acetylenes is 1. The molecule has 6 nitrogen and oxygen atoms in total. The Labute approximate surface area is 193 Å². The summed E-state index contributed by atoms with van der Waals surface area (Å²) in [7, 11) is 0. The van der Waals surface area contributed by atoms with E-state index < -0.39 is 0 Å². The van der Waals surface area contributed by atoms with Gasteiger partial charge in [-0.3, -0.25) is 4.79 Å². The van der Waals surface area contributed by atoms with Crippen molar-refractivity contribution in [1.82, 2.24) is 10.3 Å². The van der Waals surface area contributed by atoms with Crippen molar-refractivity contribution in [3.63, 3.8) is 0 Å². The van der Waals surface area contributed by atoms with E-state index in [1.165, 1.54) is 0 Å². The van der Waals surface area contributed by atoms with E-state index in [9.17, 15) is 4.79 Å². The van der Waals surface area contributed by atoms with Crippen molar-refractivity contribution >= 4 is 45.9 Å². The van der Waals surface area contributed by atoms with Crippen molar-refractivity contribution in [2.45, 2.75) is 40.0 Å². The number of benzene rings is 1. The number of likely N-dealkylation sites (tertiary alicyclic amines) is 1. The van der Waals surface area contributed by atoms with E-state index in [0.29, 0.717) is 16.8 Å². The smallest absolute Gasteiger partial charge is 0.222 e. The molecule has 0 aliphatic carbocycles. The fraction of sp³-hybridized carbons (Fsp3) is 0.409. The van der Waals surface area contributed by atoms with E-state index in [0.717, 1.165) is 54.7 Å². The minimum Gasteiger partial charge on any atom is -0.383 e. The predicted octanol–water partition coefficient (Wildman–Crippen LogP) is 4.54. The predicted molar refractivity (Wildman–Crippen MR) is 132 cm³/mol. The van der Waals surface area contributed by atoms with Crippen LogP contribution >= 0.6 is 27.5 Å². The first-order valence-corrected chi connectivity index (χ1v) is 10.7.